The summed E-state index contributed by atoms with van der Waals surface area (Å²) < 4.78 is 4.50. The summed E-state index contributed by atoms with van der Waals surface area (Å²) in [5, 5.41) is 11.6. The van der Waals surface area contributed by atoms with Crippen LogP contribution in [-0.2, 0) is 19.1 Å². The molecular formula is C12H19NO5. The van der Waals surface area contributed by atoms with Gasteiger partial charge in [-0.25, -0.2) is 4.79 Å². The number of nitrogens with one attached hydrogen (secondary N) is 1. The van der Waals surface area contributed by atoms with E-state index >= 15 is 0 Å². The van der Waals surface area contributed by atoms with Crippen LogP contribution < -0.4 is 5.32 Å². The molecule has 1 aliphatic rings. The molecular weight excluding hydrogens is 238 g/mol. The van der Waals surface area contributed by atoms with E-state index in [0.717, 1.165) is 12.8 Å². The van der Waals surface area contributed by atoms with E-state index in [0.29, 0.717) is 12.8 Å². The van der Waals surface area contributed by atoms with Crippen LogP contribution in [-0.4, -0.2) is 36.1 Å². The van der Waals surface area contributed by atoms with E-state index in [2.05, 4.69) is 10.1 Å². The SMILES string of the molecule is COC(=O)[C@H](C)NC(=O)C1CCCCC1C(=O)O. The Bertz CT molecular complexity index is 341. The first-order valence-corrected chi connectivity index (χ1v) is 6.08. The van der Waals surface area contributed by atoms with Gasteiger partial charge in [-0.1, -0.05) is 12.8 Å². The van der Waals surface area contributed by atoms with Gasteiger partial charge < -0.3 is 15.2 Å². The summed E-state index contributed by atoms with van der Waals surface area (Å²) in [5.41, 5.74) is 0. The highest BCUT2D eigenvalue weighted by molar-refractivity contribution is 5.88. The van der Waals surface area contributed by atoms with Gasteiger partial charge in [0.05, 0.1) is 18.9 Å². The molecule has 0 aromatic carbocycles. The van der Waals surface area contributed by atoms with Crippen LogP contribution in [0.3, 0.4) is 0 Å². The molecule has 0 heterocycles. The first-order valence-electron chi connectivity index (χ1n) is 6.08. The lowest BCUT2D eigenvalue weighted by Gasteiger charge is -2.28. The maximum Gasteiger partial charge on any atom is 0.328 e. The topological polar surface area (TPSA) is 92.7 Å². The minimum Gasteiger partial charge on any atom is -0.481 e. The molecule has 3 atom stereocenters. The van der Waals surface area contributed by atoms with Crippen LogP contribution in [0, 0.1) is 11.8 Å². The zero-order valence-electron chi connectivity index (χ0n) is 10.6. The Morgan fingerprint density at radius 2 is 1.78 bits per heavy atom. The summed E-state index contributed by atoms with van der Waals surface area (Å²) in [4.78, 5) is 34.2. The Morgan fingerprint density at radius 1 is 1.22 bits per heavy atom. The van der Waals surface area contributed by atoms with Crippen LogP contribution in [0.2, 0.25) is 0 Å². The number of ether oxygens (including phenoxy) is 1. The molecule has 0 bridgehead atoms. The number of esters is 1. The number of carbonyl (C=O) groups excluding carboxylic acids is 2. The highest BCUT2D eigenvalue weighted by atomic mass is 16.5. The predicted molar refractivity (Wildman–Crippen MR) is 62.7 cm³/mol. The van der Waals surface area contributed by atoms with Crippen LogP contribution in [0.5, 0.6) is 0 Å². The van der Waals surface area contributed by atoms with Crippen LogP contribution in [0.15, 0.2) is 0 Å². The Kier molecular flexibility index (Phi) is 5.12. The lowest BCUT2D eigenvalue weighted by molar-refractivity contribution is -0.150. The van der Waals surface area contributed by atoms with E-state index in [1.54, 1.807) is 0 Å². The minimum absolute atomic E-state index is 0.375. The molecule has 102 valence electrons. The molecule has 0 radical (unpaired) electrons. The molecule has 0 spiro atoms. The van der Waals surface area contributed by atoms with E-state index in [1.165, 1.54) is 14.0 Å². The molecule has 0 saturated heterocycles. The summed E-state index contributed by atoms with van der Waals surface area (Å²) in [6.45, 7) is 1.52. The molecule has 6 nitrogen and oxygen atoms in total. The van der Waals surface area contributed by atoms with Crippen molar-refractivity contribution >= 4 is 17.8 Å². The van der Waals surface area contributed by atoms with Gasteiger partial charge in [-0.2, -0.15) is 0 Å². The third kappa shape index (κ3) is 3.45. The third-order valence-corrected chi connectivity index (χ3v) is 3.33. The van der Waals surface area contributed by atoms with E-state index < -0.39 is 29.8 Å². The van der Waals surface area contributed by atoms with Gasteiger partial charge in [-0.05, 0) is 19.8 Å². The fourth-order valence-corrected chi connectivity index (χ4v) is 2.30. The quantitative estimate of drug-likeness (QED) is 0.718. The molecule has 0 aromatic heterocycles. The van der Waals surface area contributed by atoms with Gasteiger partial charge in [0, 0.05) is 0 Å². The molecule has 18 heavy (non-hydrogen) atoms. The number of methoxy groups -OCH3 is 1. The number of hydrogen-bond donors (Lipinski definition) is 2. The van der Waals surface area contributed by atoms with Crippen LogP contribution in [0.25, 0.3) is 0 Å². The van der Waals surface area contributed by atoms with Crippen molar-refractivity contribution in [2.75, 3.05) is 7.11 Å². The van der Waals surface area contributed by atoms with Crippen molar-refractivity contribution in [3.8, 4) is 0 Å². The lowest BCUT2D eigenvalue weighted by atomic mass is 9.78. The third-order valence-electron chi connectivity index (χ3n) is 3.33. The molecule has 1 amide bonds. The zero-order chi connectivity index (χ0) is 13.7. The molecule has 1 aliphatic carbocycles. The second-order valence-corrected chi connectivity index (χ2v) is 4.59. The summed E-state index contributed by atoms with van der Waals surface area (Å²) in [5.74, 6) is -3.06. The molecule has 0 aromatic rings. The average molecular weight is 257 g/mol. The monoisotopic (exact) mass is 257 g/mol. The first kappa shape index (κ1) is 14.5. The predicted octanol–water partition coefficient (Wildman–Crippen LogP) is 0.555. The summed E-state index contributed by atoms with van der Waals surface area (Å²) in [6.07, 6.45) is 2.73. The smallest absolute Gasteiger partial charge is 0.328 e. The van der Waals surface area contributed by atoms with Crippen molar-refractivity contribution in [1.82, 2.24) is 5.32 Å². The van der Waals surface area contributed by atoms with Gasteiger partial charge in [-0.15, -0.1) is 0 Å². The maximum atomic E-state index is 12.0. The van der Waals surface area contributed by atoms with Crippen molar-refractivity contribution in [2.45, 2.75) is 38.6 Å². The van der Waals surface area contributed by atoms with E-state index in [9.17, 15) is 14.4 Å². The van der Waals surface area contributed by atoms with Crippen molar-refractivity contribution in [3.05, 3.63) is 0 Å². The number of carboxylic acid groups (broad SMARTS) is 1. The Hall–Kier alpha value is -1.59. The van der Waals surface area contributed by atoms with Gasteiger partial charge in [0.25, 0.3) is 0 Å². The second kappa shape index (κ2) is 6.37. The summed E-state index contributed by atoms with van der Waals surface area (Å²) in [6, 6.07) is -0.751. The van der Waals surface area contributed by atoms with Gasteiger partial charge in [-0.3, -0.25) is 9.59 Å². The largest absolute Gasteiger partial charge is 0.481 e. The molecule has 6 heteroatoms. The fraction of sp³-hybridized carbons (Fsp3) is 0.750. The standard InChI is InChI=1S/C12H19NO5/c1-7(12(17)18-2)13-10(14)8-5-3-4-6-9(8)11(15)16/h7-9H,3-6H2,1-2H3,(H,13,14)(H,15,16)/t7-,8?,9?/m0/s1. The number of rotatable bonds is 4. The minimum atomic E-state index is -0.944. The molecule has 1 fully saturated rings. The van der Waals surface area contributed by atoms with Crippen LogP contribution in [0.4, 0.5) is 0 Å². The van der Waals surface area contributed by atoms with Crippen LogP contribution in [0.1, 0.15) is 32.6 Å². The Morgan fingerprint density at radius 3 is 2.28 bits per heavy atom. The maximum absolute atomic E-state index is 12.0. The van der Waals surface area contributed by atoms with Crippen molar-refractivity contribution in [2.24, 2.45) is 11.8 Å². The highest BCUT2D eigenvalue weighted by Crippen LogP contribution is 2.30. The van der Waals surface area contributed by atoms with Gasteiger partial charge in [0.1, 0.15) is 6.04 Å². The molecule has 0 aliphatic heterocycles. The van der Waals surface area contributed by atoms with Gasteiger partial charge >= 0.3 is 11.9 Å². The molecule has 1 saturated carbocycles. The fourth-order valence-electron chi connectivity index (χ4n) is 2.30. The Balaban J connectivity index is 2.63. The van der Waals surface area contributed by atoms with Crippen molar-refractivity contribution in [3.63, 3.8) is 0 Å². The molecule has 2 N–H and O–H groups in total. The number of carboxylic acids is 1. The zero-order valence-corrected chi connectivity index (χ0v) is 10.6. The number of amides is 1. The normalized spacial score (nSPS) is 25.0. The first-order chi connectivity index (χ1) is 8.47. The average Bonchev–Trinajstić information content (AvgIpc) is 2.37. The van der Waals surface area contributed by atoms with Gasteiger partial charge in [0.15, 0.2) is 0 Å². The number of aliphatic carboxylic acids is 1. The number of carbonyl (C=O) groups is 3. The van der Waals surface area contributed by atoms with E-state index in [-0.39, 0.29) is 5.91 Å². The van der Waals surface area contributed by atoms with E-state index in [1.807, 2.05) is 0 Å². The molecule has 1 rings (SSSR count). The van der Waals surface area contributed by atoms with Gasteiger partial charge in [0.2, 0.25) is 5.91 Å². The lowest BCUT2D eigenvalue weighted by Crippen LogP contribution is -2.46. The van der Waals surface area contributed by atoms with Crippen molar-refractivity contribution in [1.29, 1.82) is 0 Å². The molecule has 2 unspecified atom stereocenters. The second-order valence-electron chi connectivity index (χ2n) is 4.59. The van der Waals surface area contributed by atoms with Crippen molar-refractivity contribution < 1.29 is 24.2 Å². The highest BCUT2D eigenvalue weighted by Gasteiger charge is 2.36. The van der Waals surface area contributed by atoms with E-state index in [4.69, 9.17) is 5.11 Å². The number of hydrogen-bond acceptors (Lipinski definition) is 4. The summed E-state index contributed by atoms with van der Waals surface area (Å²) in [7, 11) is 1.24. The summed E-state index contributed by atoms with van der Waals surface area (Å²) >= 11 is 0. The Labute approximate surface area is 106 Å². The van der Waals surface area contributed by atoms with Crippen LogP contribution >= 0.6 is 0 Å².